The lowest BCUT2D eigenvalue weighted by molar-refractivity contribution is 0.0288. The number of benzene rings is 3. The van der Waals surface area contributed by atoms with Crippen LogP contribution in [0.1, 0.15) is 32.6 Å². The summed E-state index contributed by atoms with van der Waals surface area (Å²) in [7, 11) is 1.71. The Morgan fingerprint density at radius 2 is 1.66 bits per heavy atom. The van der Waals surface area contributed by atoms with Crippen LogP contribution < -0.4 is 4.74 Å². The van der Waals surface area contributed by atoms with E-state index in [0.29, 0.717) is 0 Å². The zero-order chi connectivity index (χ0) is 22.1. The highest BCUT2D eigenvalue weighted by atomic mass is 16.5. The minimum absolute atomic E-state index is 0.253. The summed E-state index contributed by atoms with van der Waals surface area (Å²) < 4.78 is 5.38. The van der Waals surface area contributed by atoms with Gasteiger partial charge in [-0.1, -0.05) is 60.7 Å². The van der Waals surface area contributed by atoms with E-state index in [0.717, 1.165) is 56.0 Å². The van der Waals surface area contributed by atoms with Crippen molar-refractivity contribution in [2.24, 2.45) is 0 Å². The number of Topliss-reactive ketones (excluding diaryl/α,β-unsaturated/α-hetero) is 1. The molecule has 0 spiro atoms. The second kappa shape index (κ2) is 8.53. The van der Waals surface area contributed by atoms with Crippen LogP contribution in [0.2, 0.25) is 0 Å². The third-order valence-electron chi connectivity index (χ3n) is 7.17. The van der Waals surface area contributed by atoms with Crippen molar-refractivity contribution in [2.45, 2.75) is 25.4 Å². The predicted octanol–water partition coefficient (Wildman–Crippen LogP) is 4.46. The van der Waals surface area contributed by atoms with Crippen LogP contribution in [0.4, 0.5) is 0 Å². The Bertz CT molecular complexity index is 1120. The molecule has 32 heavy (non-hydrogen) atoms. The molecule has 1 heterocycles. The van der Waals surface area contributed by atoms with E-state index >= 15 is 0 Å². The molecule has 1 fully saturated rings. The molecular weight excluding hydrogens is 396 g/mol. The van der Waals surface area contributed by atoms with E-state index in [1.807, 2.05) is 30.3 Å². The third-order valence-corrected chi connectivity index (χ3v) is 7.17. The maximum absolute atomic E-state index is 13.9. The molecule has 5 rings (SSSR count). The first-order chi connectivity index (χ1) is 15.6. The number of piperazine rings is 1. The Morgan fingerprint density at radius 3 is 2.38 bits per heavy atom. The summed E-state index contributed by atoms with van der Waals surface area (Å²) in [6, 6.07) is 24.8. The molecule has 3 aromatic rings. The van der Waals surface area contributed by atoms with E-state index in [9.17, 15) is 4.79 Å². The third kappa shape index (κ3) is 3.54. The van der Waals surface area contributed by atoms with Gasteiger partial charge in [-0.05, 0) is 41.3 Å². The second-order valence-corrected chi connectivity index (χ2v) is 8.95. The first-order valence-electron chi connectivity index (χ1n) is 11.4. The highest BCUT2D eigenvalue weighted by molar-refractivity contribution is 6.08. The van der Waals surface area contributed by atoms with Crippen LogP contribution in [-0.2, 0) is 18.5 Å². The van der Waals surface area contributed by atoms with Gasteiger partial charge in [-0.2, -0.15) is 0 Å². The van der Waals surface area contributed by atoms with Gasteiger partial charge in [-0.15, -0.1) is 0 Å². The van der Waals surface area contributed by atoms with Crippen LogP contribution in [0.15, 0.2) is 72.8 Å². The first-order valence-corrected chi connectivity index (χ1v) is 11.4. The van der Waals surface area contributed by atoms with Crippen LogP contribution in [0.5, 0.6) is 5.75 Å². The summed E-state index contributed by atoms with van der Waals surface area (Å²) in [5.74, 6) is 1.15. The van der Waals surface area contributed by atoms with E-state index in [4.69, 9.17) is 4.74 Å². The van der Waals surface area contributed by atoms with Crippen LogP contribution in [0.3, 0.4) is 0 Å². The fraction of sp³-hybridized carbons (Fsp3) is 0.321. The molecule has 0 saturated carbocycles. The standard InChI is InChI=1S/C28H30N2O2/c1-21-8-6-13-25-26(21)19-28(27(25)31,23-10-4-3-5-11-23)30-16-14-29(15-17-30)20-22-9-7-12-24(18-22)32-2/h3-13,18H,14-17,19-20H2,1-2H3. The van der Waals surface area contributed by atoms with E-state index in [1.165, 1.54) is 16.7 Å². The van der Waals surface area contributed by atoms with E-state index in [1.54, 1.807) is 7.11 Å². The normalized spacial score (nSPS) is 21.5. The van der Waals surface area contributed by atoms with Gasteiger partial charge < -0.3 is 4.74 Å². The summed E-state index contributed by atoms with van der Waals surface area (Å²) in [6.45, 7) is 6.65. The van der Waals surface area contributed by atoms with E-state index < -0.39 is 5.54 Å². The number of ether oxygens (including phenoxy) is 1. The Labute approximate surface area is 190 Å². The predicted molar refractivity (Wildman–Crippen MR) is 127 cm³/mol. The molecule has 1 aliphatic heterocycles. The van der Waals surface area contributed by atoms with Crippen LogP contribution >= 0.6 is 0 Å². The van der Waals surface area contributed by atoms with Gasteiger partial charge in [0.15, 0.2) is 5.78 Å². The molecule has 164 valence electrons. The smallest absolute Gasteiger partial charge is 0.188 e. The van der Waals surface area contributed by atoms with Crippen LogP contribution in [0, 0.1) is 6.92 Å². The number of hydrogen-bond donors (Lipinski definition) is 0. The van der Waals surface area contributed by atoms with Gasteiger partial charge in [0.2, 0.25) is 0 Å². The fourth-order valence-electron chi connectivity index (χ4n) is 5.41. The minimum Gasteiger partial charge on any atom is -0.497 e. The lowest BCUT2D eigenvalue weighted by Gasteiger charge is -2.45. The largest absolute Gasteiger partial charge is 0.497 e. The van der Waals surface area contributed by atoms with Gasteiger partial charge >= 0.3 is 0 Å². The number of nitrogens with zero attached hydrogens (tertiary/aromatic N) is 2. The maximum atomic E-state index is 13.9. The summed E-state index contributed by atoms with van der Waals surface area (Å²) >= 11 is 0. The Balaban J connectivity index is 1.40. The number of carbonyl (C=O) groups is 1. The lowest BCUT2D eigenvalue weighted by Crippen LogP contribution is -2.58. The molecule has 0 amide bonds. The van der Waals surface area contributed by atoms with Crippen molar-refractivity contribution in [2.75, 3.05) is 33.3 Å². The fourth-order valence-corrected chi connectivity index (χ4v) is 5.41. The summed E-state index contributed by atoms with van der Waals surface area (Å²) in [5.41, 5.74) is 5.09. The second-order valence-electron chi connectivity index (χ2n) is 8.95. The number of aryl methyl sites for hydroxylation is 1. The topological polar surface area (TPSA) is 32.8 Å². The molecule has 0 radical (unpaired) electrons. The molecule has 0 N–H and O–H groups in total. The number of ketones is 1. The molecule has 4 nitrogen and oxygen atoms in total. The number of hydrogen-bond acceptors (Lipinski definition) is 4. The molecule has 0 bridgehead atoms. The highest BCUT2D eigenvalue weighted by Crippen LogP contribution is 2.44. The van der Waals surface area contributed by atoms with Crippen molar-refractivity contribution in [3.63, 3.8) is 0 Å². The SMILES string of the molecule is COc1cccc(CN2CCN(C3(c4ccccc4)Cc4c(C)cccc4C3=O)CC2)c1. The summed E-state index contributed by atoms with van der Waals surface area (Å²) in [6.07, 6.45) is 0.758. The molecule has 1 saturated heterocycles. The number of carbonyl (C=O) groups excluding carboxylic acids is 1. The van der Waals surface area contributed by atoms with Gasteiger partial charge in [0.05, 0.1) is 7.11 Å². The van der Waals surface area contributed by atoms with Crippen molar-refractivity contribution in [1.29, 1.82) is 0 Å². The number of fused-ring (bicyclic) bond motifs is 1. The Hall–Kier alpha value is -2.95. The van der Waals surface area contributed by atoms with Crippen molar-refractivity contribution in [1.82, 2.24) is 9.80 Å². The van der Waals surface area contributed by atoms with E-state index in [-0.39, 0.29) is 5.78 Å². The van der Waals surface area contributed by atoms with Gasteiger partial charge in [0.1, 0.15) is 11.3 Å². The molecular formula is C28H30N2O2. The summed E-state index contributed by atoms with van der Waals surface area (Å²) in [5, 5.41) is 0. The number of rotatable bonds is 5. The van der Waals surface area contributed by atoms with Gasteiger partial charge in [-0.3, -0.25) is 14.6 Å². The van der Waals surface area contributed by atoms with Gasteiger partial charge in [0.25, 0.3) is 0 Å². The Morgan fingerprint density at radius 1 is 0.906 bits per heavy atom. The maximum Gasteiger partial charge on any atom is 0.188 e. The first kappa shape index (κ1) is 20.9. The molecule has 1 aliphatic carbocycles. The van der Waals surface area contributed by atoms with Crippen molar-refractivity contribution in [3.05, 3.63) is 101 Å². The molecule has 3 aromatic carbocycles. The summed E-state index contributed by atoms with van der Waals surface area (Å²) in [4.78, 5) is 18.9. The quantitative estimate of drug-likeness (QED) is 0.603. The van der Waals surface area contributed by atoms with Crippen molar-refractivity contribution < 1.29 is 9.53 Å². The zero-order valence-electron chi connectivity index (χ0n) is 18.9. The van der Waals surface area contributed by atoms with Crippen LogP contribution in [-0.4, -0.2) is 48.9 Å². The molecule has 0 aromatic heterocycles. The van der Waals surface area contributed by atoms with Gasteiger partial charge in [-0.25, -0.2) is 0 Å². The molecule has 1 atom stereocenters. The van der Waals surface area contributed by atoms with Gasteiger partial charge in [0, 0.05) is 44.7 Å². The molecule has 1 unspecified atom stereocenters. The highest BCUT2D eigenvalue weighted by Gasteiger charge is 2.51. The molecule has 4 heteroatoms. The Kier molecular flexibility index (Phi) is 5.58. The average Bonchev–Trinajstić information content (AvgIpc) is 3.15. The van der Waals surface area contributed by atoms with Crippen molar-refractivity contribution in [3.8, 4) is 5.75 Å². The van der Waals surface area contributed by atoms with E-state index in [2.05, 4.69) is 59.2 Å². The monoisotopic (exact) mass is 426 g/mol. The lowest BCUT2D eigenvalue weighted by atomic mass is 9.83. The van der Waals surface area contributed by atoms with Crippen LogP contribution in [0.25, 0.3) is 0 Å². The van der Waals surface area contributed by atoms with Crippen molar-refractivity contribution >= 4 is 5.78 Å². The zero-order valence-corrected chi connectivity index (χ0v) is 18.9. The average molecular weight is 427 g/mol. The number of methoxy groups -OCH3 is 1. The molecule has 2 aliphatic rings. The minimum atomic E-state index is -0.599.